The Bertz CT molecular complexity index is 211. The van der Waals surface area contributed by atoms with Crippen LogP contribution in [0.4, 0.5) is 0 Å². The predicted octanol–water partition coefficient (Wildman–Crippen LogP) is -0.567. The highest BCUT2D eigenvalue weighted by atomic mass is 16.5. The monoisotopic (exact) mass is 229 g/mol. The first-order chi connectivity index (χ1) is 7.79. The highest BCUT2D eigenvalue weighted by molar-refractivity contribution is 5.82. The van der Waals surface area contributed by atoms with Crippen LogP contribution in [0.25, 0.3) is 0 Å². The summed E-state index contributed by atoms with van der Waals surface area (Å²) in [4.78, 5) is 14.1. The molecule has 1 fully saturated rings. The molecule has 1 unspecified atom stereocenters. The topological polar surface area (TPSA) is 53.6 Å². The molecule has 94 valence electrons. The first-order valence-corrected chi connectivity index (χ1v) is 6.01. The van der Waals surface area contributed by atoms with E-state index in [2.05, 4.69) is 15.5 Å². The molecule has 0 aliphatic carbocycles. The van der Waals surface area contributed by atoms with Crippen molar-refractivity contribution >= 4 is 5.91 Å². The number of amides is 1. The van der Waals surface area contributed by atoms with Gasteiger partial charge in [-0.15, -0.1) is 0 Å². The largest absolute Gasteiger partial charge is 0.385 e. The molecule has 5 heteroatoms. The molecule has 2 N–H and O–H groups in total. The Morgan fingerprint density at radius 3 is 3.12 bits per heavy atom. The number of piperazine rings is 1. The predicted molar refractivity (Wildman–Crippen MR) is 63.4 cm³/mol. The van der Waals surface area contributed by atoms with Crippen molar-refractivity contribution in [2.75, 3.05) is 46.4 Å². The van der Waals surface area contributed by atoms with Crippen molar-refractivity contribution in [1.29, 1.82) is 0 Å². The number of ether oxygens (including phenoxy) is 1. The fourth-order valence-electron chi connectivity index (χ4n) is 1.98. The number of carbonyl (C=O) groups is 1. The highest BCUT2D eigenvalue weighted by Crippen LogP contribution is 2.04. The zero-order valence-corrected chi connectivity index (χ0v) is 10.3. The van der Waals surface area contributed by atoms with E-state index in [0.29, 0.717) is 6.54 Å². The average Bonchev–Trinajstić information content (AvgIpc) is 2.30. The summed E-state index contributed by atoms with van der Waals surface area (Å²) in [6, 6.07) is -0.0226. The smallest absolute Gasteiger partial charge is 0.238 e. The molecule has 5 nitrogen and oxygen atoms in total. The second-order valence-corrected chi connectivity index (χ2v) is 4.00. The Hall–Kier alpha value is -0.650. The average molecular weight is 229 g/mol. The van der Waals surface area contributed by atoms with Crippen LogP contribution in [0.1, 0.15) is 13.3 Å². The van der Waals surface area contributed by atoms with Gasteiger partial charge in [-0.25, -0.2) is 0 Å². The number of likely N-dealkylation sites (N-methyl/N-ethyl adjacent to an activating group) is 1. The van der Waals surface area contributed by atoms with Gasteiger partial charge in [-0.05, 0) is 13.3 Å². The number of nitrogens with zero attached hydrogens (tertiary/aromatic N) is 1. The number of rotatable bonds is 6. The minimum Gasteiger partial charge on any atom is -0.385 e. The lowest BCUT2D eigenvalue weighted by Crippen LogP contribution is -2.58. The second kappa shape index (κ2) is 7.60. The summed E-state index contributed by atoms with van der Waals surface area (Å²) in [7, 11) is 1.71. The van der Waals surface area contributed by atoms with E-state index in [1.165, 1.54) is 0 Å². The van der Waals surface area contributed by atoms with Crippen molar-refractivity contribution in [3.05, 3.63) is 0 Å². The SMILES string of the molecule is CCNC(=O)C1CNCCN1CCCOC. The van der Waals surface area contributed by atoms with Gasteiger partial charge in [0.2, 0.25) is 5.91 Å². The van der Waals surface area contributed by atoms with E-state index < -0.39 is 0 Å². The summed E-state index contributed by atoms with van der Waals surface area (Å²) in [5.41, 5.74) is 0. The van der Waals surface area contributed by atoms with Gasteiger partial charge < -0.3 is 15.4 Å². The summed E-state index contributed by atoms with van der Waals surface area (Å²) in [5.74, 6) is 0.132. The number of hydrogen-bond donors (Lipinski definition) is 2. The quantitative estimate of drug-likeness (QED) is 0.599. The van der Waals surface area contributed by atoms with Gasteiger partial charge in [0.25, 0.3) is 0 Å². The third-order valence-corrected chi connectivity index (χ3v) is 2.80. The van der Waals surface area contributed by atoms with Crippen LogP contribution in [-0.2, 0) is 9.53 Å². The summed E-state index contributed by atoms with van der Waals surface area (Å²) < 4.78 is 5.03. The molecule has 0 bridgehead atoms. The standard InChI is InChI=1S/C11H23N3O2/c1-3-13-11(15)10-9-12-5-7-14(10)6-4-8-16-2/h10,12H,3-9H2,1-2H3,(H,13,15). The fraction of sp³-hybridized carbons (Fsp3) is 0.909. The summed E-state index contributed by atoms with van der Waals surface area (Å²) in [5, 5.41) is 6.14. The van der Waals surface area contributed by atoms with Gasteiger partial charge in [-0.1, -0.05) is 0 Å². The first kappa shape index (κ1) is 13.4. The lowest BCUT2D eigenvalue weighted by Gasteiger charge is -2.35. The summed E-state index contributed by atoms with van der Waals surface area (Å²) in [6.45, 7) is 6.97. The van der Waals surface area contributed by atoms with Gasteiger partial charge in [0.1, 0.15) is 6.04 Å². The van der Waals surface area contributed by atoms with Crippen LogP contribution in [0.3, 0.4) is 0 Å². The van der Waals surface area contributed by atoms with Gasteiger partial charge in [0.05, 0.1) is 0 Å². The minimum absolute atomic E-state index is 0.0226. The van der Waals surface area contributed by atoms with E-state index in [1.54, 1.807) is 7.11 Å². The number of nitrogens with one attached hydrogen (secondary N) is 2. The Morgan fingerprint density at radius 1 is 1.62 bits per heavy atom. The normalized spacial score (nSPS) is 22.0. The van der Waals surface area contributed by atoms with E-state index >= 15 is 0 Å². The Morgan fingerprint density at radius 2 is 2.44 bits per heavy atom. The van der Waals surface area contributed by atoms with E-state index in [9.17, 15) is 4.79 Å². The molecule has 0 radical (unpaired) electrons. The molecule has 0 aromatic carbocycles. The third-order valence-electron chi connectivity index (χ3n) is 2.80. The molecule has 1 heterocycles. The van der Waals surface area contributed by atoms with Crippen LogP contribution in [0.5, 0.6) is 0 Å². The van der Waals surface area contributed by atoms with E-state index in [1.807, 2.05) is 6.92 Å². The van der Waals surface area contributed by atoms with Crippen LogP contribution in [0, 0.1) is 0 Å². The van der Waals surface area contributed by atoms with Crippen molar-refractivity contribution in [3.8, 4) is 0 Å². The summed E-state index contributed by atoms with van der Waals surface area (Å²) in [6.07, 6.45) is 0.979. The fourth-order valence-corrected chi connectivity index (χ4v) is 1.98. The maximum absolute atomic E-state index is 11.8. The number of hydrogen-bond acceptors (Lipinski definition) is 4. The van der Waals surface area contributed by atoms with E-state index in [4.69, 9.17) is 4.74 Å². The molecule has 0 aromatic heterocycles. The van der Waals surface area contributed by atoms with Crippen LogP contribution in [-0.4, -0.2) is 63.3 Å². The summed E-state index contributed by atoms with van der Waals surface area (Å²) >= 11 is 0. The highest BCUT2D eigenvalue weighted by Gasteiger charge is 2.27. The molecule has 0 saturated carbocycles. The zero-order valence-electron chi connectivity index (χ0n) is 10.3. The van der Waals surface area contributed by atoms with Gasteiger partial charge in [-0.3, -0.25) is 9.69 Å². The van der Waals surface area contributed by atoms with Crippen LogP contribution >= 0.6 is 0 Å². The lowest BCUT2D eigenvalue weighted by molar-refractivity contribution is -0.127. The molecular formula is C11H23N3O2. The van der Waals surface area contributed by atoms with Crippen molar-refractivity contribution < 1.29 is 9.53 Å². The molecule has 1 saturated heterocycles. The van der Waals surface area contributed by atoms with Crippen LogP contribution in [0.15, 0.2) is 0 Å². The van der Waals surface area contributed by atoms with Crippen LogP contribution < -0.4 is 10.6 Å². The van der Waals surface area contributed by atoms with Gasteiger partial charge in [-0.2, -0.15) is 0 Å². The molecule has 1 amide bonds. The Labute approximate surface area is 97.5 Å². The maximum atomic E-state index is 11.8. The van der Waals surface area contributed by atoms with Gasteiger partial charge in [0, 0.05) is 46.4 Å². The van der Waals surface area contributed by atoms with Crippen molar-refractivity contribution in [1.82, 2.24) is 15.5 Å². The molecule has 1 atom stereocenters. The molecule has 0 aromatic rings. The van der Waals surface area contributed by atoms with Crippen molar-refractivity contribution in [3.63, 3.8) is 0 Å². The van der Waals surface area contributed by atoms with Gasteiger partial charge >= 0.3 is 0 Å². The molecule has 0 spiro atoms. The first-order valence-electron chi connectivity index (χ1n) is 6.01. The molecule has 1 rings (SSSR count). The van der Waals surface area contributed by atoms with Crippen molar-refractivity contribution in [2.45, 2.75) is 19.4 Å². The second-order valence-electron chi connectivity index (χ2n) is 4.00. The van der Waals surface area contributed by atoms with Crippen LogP contribution in [0.2, 0.25) is 0 Å². The Kier molecular flexibility index (Phi) is 6.37. The maximum Gasteiger partial charge on any atom is 0.238 e. The lowest BCUT2D eigenvalue weighted by atomic mass is 10.1. The molecule has 1 aliphatic rings. The third kappa shape index (κ3) is 4.08. The van der Waals surface area contributed by atoms with E-state index in [-0.39, 0.29) is 11.9 Å². The minimum atomic E-state index is -0.0226. The molecule has 16 heavy (non-hydrogen) atoms. The van der Waals surface area contributed by atoms with Crippen molar-refractivity contribution in [2.24, 2.45) is 0 Å². The molecule has 1 aliphatic heterocycles. The van der Waals surface area contributed by atoms with E-state index in [0.717, 1.165) is 39.2 Å². The Balaban J connectivity index is 2.40. The van der Waals surface area contributed by atoms with Gasteiger partial charge in [0.15, 0.2) is 0 Å². The number of methoxy groups -OCH3 is 1. The zero-order chi connectivity index (χ0) is 11.8. The number of carbonyl (C=O) groups excluding carboxylic acids is 1. The molecular weight excluding hydrogens is 206 g/mol.